The number of hydrogen-bond donors (Lipinski definition) is 0. The van der Waals surface area contributed by atoms with Crippen LogP contribution in [0.25, 0.3) is 0 Å². The molecule has 14 heavy (non-hydrogen) atoms. The second-order valence-electron chi connectivity index (χ2n) is 4.18. The topological polar surface area (TPSA) is 35.5 Å². The molecule has 1 aliphatic heterocycles. The second-order valence-corrected chi connectivity index (χ2v) is 4.18. The normalized spacial score (nSPS) is 32.4. The molecule has 1 fully saturated rings. The highest BCUT2D eigenvalue weighted by Gasteiger charge is 2.25. The Morgan fingerprint density at radius 1 is 1.50 bits per heavy atom. The van der Waals surface area contributed by atoms with Crippen LogP contribution in [-0.4, -0.2) is 18.7 Å². The molecule has 2 aliphatic rings. The standard InChI is InChI=1S/C11H16O3/c1-8-3-2-4-9(7-8)14-10-5-6-13-11(10)12/h5,8-9H,2-4,6-7H2,1H3. The maximum atomic E-state index is 11.1. The number of ether oxygens (including phenoxy) is 2. The first-order chi connectivity index (χ1) is 6.75. The van der Waals surface area contributed by atoms with E-state index in [9.17, 15) is 4.79 Å². The number of hydrogen-bond acceptors (Lipinski definition) is 3. The maximum absolute atomic E-state index is 11.1. The molecule has 1 heterocycles. The van der Waals surface area contributed by atoms with Crippen LogP contribution in [0, 0.1) is 5.92 Å². The largest absolute Gasteiger partial charge is 0.483 e. The molecule has 0 aromatic rings. The molecule has 0 N–H and O–H groups in total. The number of carbonyl (C=O) groups excluding carboxylic acids is 1. The first kappa shape index (κ1) is 9.56. The Hall–Kier alpha value is -0.990. The van der Waals surface area contributed by atoms with Gasteiger partial charge in [0, 0.05) is 6.08 Å². The highest BCUT2D eigenvalue weighted by molar-refractivity contribution is 5.88. The Balaban J connectivity index is 1.87. The average molecular weight is 196 g/mol. The fourth-order valence-corrected chi connectivity index (χ4v) is 2.11. The van der Waals surface area contributed by atoms with E-state index in [0.29, 0.717) is 18.3 Å². The summed E-state index contributed by atoms with van der Waals surface area (Å²) in [6.07, 6.45) is 6.55. The van der Waals surface area contributed by atoms with Crippen molar-refractivity contribution in [3.8, 4) is 0 Å². The molecule has 2 rings (SSSR count). The predicted octanol–water partition coefficient (Wildman–Crippen LogP) is 2.02. The third-order valence-electron chi connectivity index (χ3n) is 2.87. The monoisotopic (exact) mass is 196 g/mol. The molecule has 78 valence electrons. The van der Waals surface area contributed by atoms with Crippen molar-refractivity contribution in [1.29, 1.82) is 0 Å². The van der Waals surface area contributed by atoms with Gasteiger partial charge in [0.05, 0.1) is 6.10 Å². The molecule has 0 aromatic carbocycles. The zero-order valence-corrected chi connectivity index (χ0v) is 8.49. The molecule has 0 radical (unpaired) electrons. The first-order valence-electron chi connectivity index (χ1n) is 5.29. The lowest BCUT2D eigenvalue weighted by Gasteiger charge is -2.26. The number of carbonyl (C=O) groups is 1. The minimum Gasteiger partial charge on any atom is -0.483 e. The van der Waals surface area contributed by atoms with Crippen molar-refractivity contribution < 1.29 is 14.3 Å². The summed E-state index contributed by atoms with van der Waals surface area (Å²) in [7, 11) is 0. The van der Waals surface area contributed by atoms with Crippen LogP contribution >= 0.6 is 0 Å². The lowest BCUT2D eigenvalue weighted by atomic mass is 9.89. The van der Waals surface area contributed by atoms with Crippen LogP contribution in [-0.2, 0) is 14.3 Å². The summed E-state index contributed by atoms with van der Waals surface area (Å²) >= 11 is 0. The van der Waals surface area contributed by atoms with Gasteiger partial charge in [-0.15, -0.1) is 0 Å². The molecule has 0 amide bonds. The van der Waals surface area contributed by atoms with E-state index in [-0.39, 0.29) is 12.1 Å². The Kier molecular flexibility index (Phi) is 2.75. The Labute approximate surface area is 84.1 Å². The fraction of sp³-hybridized carbons (Fsp3) is 0.727. The molecule has 0 bridgehead atoms. The number of rotatable bonds is 2. The van der Waals surface area contributed by atoms with E-state index in [1.165, 1.54) is 12.8 Å². The summed E-state index contributed by atoms with van der Waals surface area (Å²) in [5.41, 5.74) is 0. The minimum absolute atomic E-state index is 0.218. The van der Waals surface area contributed by atoms with Gasteiger partial charge in [-0.25, -0.2) is 4.79 Å². The van der Waals surface area contributed by atoms with Crippen LogP contribution in [0.15, 0.2) is 11.8 Å². The molecule has 0 saturated heterocycles. The van der Waals surface area contributed by atoms with E-state index < -0.39 is 0 Å². The second kappa shape index (κ2) is 4.03. The van der Waals surface area contributed by atoms with Crippen LogP contribution in [0.4, 0.5) is 0 Å². The van der Waals surface area contributed by atoms with Gasteiger partial charge < -0.3 is 9.47 Å². The van der Waals surface area contributed by atoms with Crippen molar-refractivity contribution in [1.82, 2.24) is 0 Å². The Morgan fingerprint density at radius 2 is 2.36 bits per heavy atom. The smallest absolute Gasteiger partial charge is 0.373 e. The van der Waals surface area contributed by atoms with Crippen LogP contribution < -0.4 is 0 Å². The lowest BCUT2D eigenvalue weighted by molar-refractivity contribution is -0.140. The van der Waals surface area contributed by atoms with Crippen molar-refractivity contribution in [2.75, 3.05) is 6.61 Å². The van der Waals surface area contributed by atoms with Crippen molar-refractivity contribution in [3.05, 3.63) is 11.8 Å². The summed E-state index contributed by atoms with van der Waals surface area (Å²) in [6, 6.07) is 0. The summed E-state index contributed by atoms with van der Waals surface area (Å²) in [6.45, 7) is 2.60. The molecule has 1 saturated carbocycles. The summed E-state index contributed by atoms with van der Waals surface area (Å²) < 4.78 is 10.4. The highest BCUT2D eigenvalue weighted by Crippen LogP contribution is 2.27. The zero-order valence-electron chi connectivity index (χ0n) is 8.49. The first-order valence-corrected chi connectivity index (χ1v) is 5.29. The lowest BCUT2D eigenvalue weighted by Crippen LogP contribution is -2.22. The zero-order chi connectivity index (χ0) is 9.97. The summed E-state index contributed by atoms with van der Waals surface area (Å²) in [4.78, 5) is 11.1. The van der Waals surface area contributed by atoms with E-state index >= 15 is 0 Å². The van der Waals surface area contributed by atoms with Gasteiger partial charge in [-0.3, -0.25) is 0 Å². The van der Waals surface area contributed by atoms with Gasteiger partial charge in [-0.1, -0.05) is 13.3 Å². The van der Waals surface area contributed by atoms with Gasteiger partial charge in [0.25, 0.3) is 0 Å². The summed E-state index contributed by atoms with van der Waals surface area (Å²) in [5.74, 6) is 0.833. The molecular weight excluding hydrogens is 180 g/mol. The third kappa shape index (κ3) is 2.08. The Bertz CT molecular complexity index is 257. The number of cyclic esters (lactones) is 1. The molecule has 0 spiro atoms. The fourth-order valence-electron chi connectivity index (χ4n) is 2.11. The Morgan fingerprint density at radius 3 is 3.00 bits per heavy atom. The van der Waals surface area contributed by atoms with Gasteiger partial charge >= 0.3 is 5.97 Å². The van der Waals surface area contributed by atoms with E-state index in [1.54, 1.807) is 6.08 Å². The molecule has 0 aromatic heterocycles. The van der Waals surface area contributed by atoms with Crippen molar-refractivity contribution in [2.24, 2.45) is 5.92 Å². The quantitative estimate of drug-likeness (QED) is 0.634. The van der Waals surface area contributed by atoms with Crippen LogP contribution in [0.3, 0.4) is 0 Å². The predicted molar refractivity (Wildman–Crippen MR) is 51.5 cm³/mol. The minimum atomic E-state index is -0.303. The van der Waals surface area contributed by atoms with E-state index in [1.807, 2.05) is 0 Å². The molecular formula is C11H16O3. The number of esters is 1. The third-order valence-corrected chi connectivity index (χ3v) is 2.87. The van der Waals surface area contributed by atoms with E-state index in [0.717, 1.165) is 12.8 Å². The van der Waals surface area contributed by atoms with Gasteiger partial charge in [0.1, 0.15) is 6.61 Å². The van der Waals surface area contributed by atoms with E-state index in [4.69, 9.17) is 9.47 Å². The average Bonchev–Trinajstić information content (AvgIpc) is 2.52. The summed E-state index contributed by atoms with van der Waals surface area (Å²) in [5, 5.41) is 0. The molecule has 2 atom stereocenters. The molecule has 1 aliphatic carbocycles. The van der Waals surface area contributed by atoms with Crippen LogP contribution in [0.1, 0.15) is 32.6 Å². The van der Waals surface area contributed by atoms with Gasteiger partial charge in [-0.2, -0.15) is 0 Å². The van der Waals surface area contributed by atoms with Crippen LogP contribution in [0.2, 0.25) is 0 Å². The van der Waals surface area contributed by atoms with Crippen molar-refractivity contribution in [2.45, 2.75) is 38.7 Å². The van der Waals surface area contributed by atoms with Gasteiger partial charge in [-0.05, 0) is 25.2 Å². The molecule has 3 nitrogen and oxygen atoms in total. The highest BCUT2D eigenvalue weighted by atomic mass is 16.6. The molecule has 3 heteroatoms. The SMILES string of the molecule is CC1CCCC(OC2=CCOC2=O)C1. The van der Waals surface area contributed by atoms with Crippen molar-refractivity contribution >= 4 is 5.97 Å². The van der Waals surface area contributed by atoms with Crippen LogP contribution in [0.5, 0.6) is 0 Å². The van der Waals surface area contributed by atoms with E-state index in [2.05, 4.69) is 6.92 Å². The van der Waals surface area contributed by atoms with Gasteiger partial charge in [0.15, 0.2) is 0 Å². The van der Waals surface area contributed by atoms with Crippen molar-refractivity contribution in [3.63, 3.8) is 0 Å². The maximum Gasteiger partial charge on any atom is 0.373 e. The molecule has 2 unspecified atom stereocenters. The van der Waals surface area contributed by atoms with Gasteiger partial charge in [0.2, 0.25) is 5.76 Å².